The molecule has 5 aromatic heterocycles. The van der Waals surface area contributed by atoms with Gasteiger partial charge in [0.05, 0.1) is 26.8 Å². The second-order valence-electron chi connectivity index (χ2n) is 16.1. The quantitative estimate of drug-likeness (QED) is 0.178. The molecule has 0 radical (unpaired) electrons. The largest absolute Gasteiger partial charge is 0.452 e. The van der Waals surface area contributed by atoms with Crippen molar-refractivity contribution in [1.82, 2.24) is 19.1 Å². The van der Waals surface area contributed by atoms with Gasteiger partial charge in [-0.1, -0.05) is 140 Å². The first kappa shape index (κ1) is 33.7. The third-order valence-corrected chi connectivity index (χ3v) is 13.9. The fraction of sp³-hybridized carbons (Fsp3) is 0. The molecule has 14 aromatic rings. The lowest BCUT2D eigenvalue weighted by atomic mass is 9.99. The Labute approximate surface area is 358 Å². The number of fused-ring (bicyclic) bond motifs is 16. The molecule has 5 heterocycles. The first-order chi connectivity index (χ1) is 30.8. The SMILES string of the molecule is c1ccc(-c2nc(-n3c4ccccc4c4c5ccccc5c5c6ccccc6sc5c43)nc3c2oc2ccc(-c4ccc5c(c4)c4ccccc4n5-c4ccccc4)cc23)cc1. The highest BCUT2D eigenvalue weighted by molar-refractivity contribution is 7.27. The van der Waals surface area contributed by atoms with Gasteiger partial charge in [0.2, 0.25) is 5.95 Å². The molecule has 288 valence electrons. The zero-order valence-electron chi connectivity index (χ0n) is 33.1. The number of thiophene rings is 1. The predicted octanol–water partition coefficient (Wildman–Crippen LogP) is 15.4. The molecule has 62 heavy (non-hydrogen) atoms. The van der Waals surface area contributed by atoms with E-state index >= 15 is 0 Å². The van der Waals surface area contributed by atoms with Gasteiger partial charge in [0, 0.05) is 53.7 Å². The average Bonchev–Trinajstić information content (AvgIpc) is 4.09. The van der Waals surface area contributed by atoms with Gasteiger partial charge in [0.25, 0.3) is 0 Å². The summed E-state index contributed by atoms with van der Waals surface area (Å²) < 4.78 is 13.9. The minimum absolute atomic E-state index is 0.611. The molecule has 0 amide bonds. The van der Waals surface area contributed by atoms with E-state index in [1.807, 2.05) is 17.4 Å². The van der Waals surface area contributed by atoms with E-state index in [0.717, 1.165) is 55.6 Å². The van der Waals surface area contributed by atoms with Crippen molar-refractivity contribution in [2.75, 3.05) is 0 Å². The van der Waals surface area contributed by atoms with Crippen LogP contribution in [0.3, 0.4) is 0 Å². The Morgan fingerprint density at radius 1 is 0.419 bits per heavy atom. The fourth-order valence-corrected chi connectivity index (χ4v) is 11.3. The lowest BCUT2D eigenvalue weighted by Gasteiger charge is -2.11. The molecule has 14 rings (SSSR count). The van der Waals surface area contributed by atoms with Gasteiger partial charge in [0.1, 0.15) is 16.8 Å². The van der Waals surface area contributed by atoms with E-state index in [4.69, 9.17) is 14.4 Å². The van der Waals surface area contributed by atoms with Crippen molar-refractivity contribution in [2.24, 2.45) is 0 Å². The Balaban J connectivity index is 1.06. The molecule has 9 aromatic carbocycles. The lowest BCUT2D eigenvalue weighted by molar-refractivity contribution is 0.666. The number of benzene rings is 9. The molecule has 0 spiro atoms. The average molecular weight is 809 g/mol. The lowest BCUT2D eigenvalue weighted by Crippen LogP contribution is -2.03. The fourth-order valence-electron chi connectivity index (χ4n) is 10.0. The predicted molar refractivity (Wildman–Crippen MR) is 259 cm³/mol. The van der Waals surface area contributed by atoms with Crippen LogP contribution in [0.4, 0.5) is 0 Å². The Kier molecular flexibility index (Phi) is 6.92. The monoisotopic (exact) mass is 808 g/mol. The minimum Gasteiger partial charge on any atom is -0.452 e. The van der Waals surface area contributed by atoms with E-state index < -0.39 is 0 Å². The summed E-state index contributed by atoms with van der Waals surface area (Å²) in [6.45, 7) is 0. The number of furan rings is 1. The zero-order valence-corrected chi connectivity index (χ0v) is 33.9. The van der Waals surface area contributed by atoms with E-state index in [0.29, 0.717) is 11.5 Å². The third-order valence-electron chi connectivity index (χ3n) is 12.7. The summed E-state index contributed by atoms with van der Waals surface area (Å²) in [5.41, 5.74) is 11.9. The number of hydrogen-bond donors (Lipinski definition) is 0. The summed E-state index contributed by atoms with van der Waals surface area (Å²) in [4.78, 5) is 11.0. The van der Waals surface area contributed by atoms with E-state index in [2.05, 4.69) is 197 Å². The summed E-state index contributed by atoms with van der Waals surface area (Å²) >= 11 is 1.84. The van der Waals surface area contributed by atoms with Crippen LogP contribution in [0.1, 0.15) is 0 Å². The number of para-hydroxylation sites is 3. The maximum atomic E-state index is 6.79. The second-order valence-corrected chi connectivity index (χ2v) is 17.1. The Hall–Kier alpha value is -8.06. The smallest absolute Gasteiger partial charge is 0.236 e. The van der Waals surface area contributed by atoms with Gasteiger partial charge in [-0.3, -0.25) is 4.57 Å². The maximum Gasteiger partial charge on any atom is 0.236 e. The van der Waals surface area contributed by atoms with Gasteiger partial charge >= 0.3 is 0 Å². The normalized spacial score (nSPS) is 12.2. The molecule has 6 heteroatoms. The van der Waals surface area contributed by atoms with Crippen LogP contribution < -0.4 is 0 Å². The maximum absolute atomic E-state index is 6.79. The first-order valence-electron chi connectivity index (χ1n) is 20.9. The molecule has 0 N–H and O–H groups in total. The zero-order chi connectivity index (χ0) is 40.5. The number of rotatable bonds is 4. The second kappa shape index (κ2) is 12.7. The van der Waals surface area contributed by atoms with Crippen LogP contribution in [0.5, 0.6) is 0 Å². The van der Waals surface area contributed by atoms with Crippen molar-refractivity contribution in [3.8, 4) is 34.0 Å². The van der Waals surface area contributed by atoms with Crippen LogP contribution in [0.2, 0.25) is 0 Å². The molecule has 0 unspecified atom stereocenters. The summed E-state index contributed by atoms with van der Waals surface area (Å²) in [5, 5.41) is 10.8. The van der Waals surface area contributed by atoms with Crippen molar-refractivity contribution in [2.45, 2.75) is 0 Å². The van der Waals surface area contributed by atoms with Crippen molar-refractivity contribution in [3.63, 3.8) is 0 Å². The number of aromatic nitrogens is 4. The molecular weight excluding hydrogens is 777 g/mol. The highest BCUT2D eigenvalue weighted by Gasteiger charge is 2.25. The molecule has 0 fully saturated rings. The van der Waals surface area contributed by atoms with Gasteiger partial charge < -0.3 is 8.98 Å². The number of hydrogen-bond acceptors (Lipinski definition) is 4. The van der Waals surface area contributed by atoms with Crippen LogP contribution >= 0.6 is 11.3 Å². The van der Waals surface area contributed by atoms with Gasteiger partial charge in [-0.25, -0.2) is 9.97 Å². The van der Waals surface area contributed by atoms with Gasteiger partial charge in [-0.2, -0.15) is 0 Å². The highest BCUT2D eigenvalue weighted by atomic mass is 32.1. The van der Waals surface area contributed by atoms with Crippen LogP contribution in [0.15, 0.2) is 199 Å². The number of nitrogens with zero attached hydrogens (tertiary/aromatic N) is 4. The minimum atomic E-state index is 0.611. The van der Waals surface area contributed by atoms with E-state index in [-0.39, 0.29) is 0 Å². The summed E-state index contributed by atoms with van der Waals surface area (Å²) in [7, 11) is 0. The van der Waals surface area contributed by atoms with E-state index in [1.54, 1.807) is 0 Å². The van der Waals surface area contributed by atoms with Gasteiger partial charge in [0.15, 0.2) is 5.58 Å². The molecule has 0 atom stereocenters. The summed E-state index contributed by atoms with van der Waals surface area (Å²) in [6, 6.07) is 69.3. The Morgan fingerprint density at radius 3 is 1.81 bits per heavy atom. The molecule has 5 nitrogen and oxygen atoms in total. The third kappa shape index (κ3) is 4.67. The molecule has 0 aliphatic rings. The van der Waals surface area contributed by atoms with Crippen molar-refractivity contribution in [1.29, 1.82) is 0 Å². The topological polar surface area (TPSA) is 48.8 Å². The van der Waals surface area contributed by atoms with Crippen LogP contribution in [-0.2, 0) is 0 Å². The van der Waals surface area contributed by atoms with Crippen LogP contribution in [0.25, 0.3) is 131 Å². The van der Waals surface area contributed by atoms with E-state index in [1.165, 1.54) is 63.5 Å². The molecule has 0 aliphatic carbocycles. The van der Waals surface area contributed by atoms with Crippen LogP contribution in [0, 0.1) is 0 Å². The van der Waals surface area contributed by atoms with Gasteiger partial charge in [-0.05, 0) is 76.5 Å². The summed E-state index contributed by atoms with van der Waals surface area (Å²) in [6.07, 6.45) is 0. The van der Waals surface area contributed by atoms with E-state index in [9.17, 15) is 0 Å². The van der Waals surface area contributed by atoms with Crippen molar-refractivity contribution in [3.05, 3.63) is 194 Å². The molecule has 0 aliphatic heterocycles. The molecule has 0 saturated heterocycles. The Morgan fingerprint density at radius 2 is 1.02 bits per heavy atom. The highest BCUT2D eigenvalue weighted by Crippen LogP contribution is 2.48. The first-order valence-corrected chi connectivity index (χ1v) is 21.7. The summed E-state index contributed by atoms with van der Waals surface area (Å²) in [5.74, 6) is 0.611. The van der Waals surface area contributed by atoms with Crippen LogP contribution in [-0.4, -0.2) is 19.1 Å². The van der Waals surface area contributed by atoms with Crippen molar-refractivity contribution < 1.29 is 4.42 Å². The Bertz CT molecular complexity index is 4160. The molecule has 0 bridgehead atoms. The molecule has 0 saturated carbocycles. The standard InChI is InChI=1S/C56H32N4OS/c1-3-15-33(16-4-1)51-54-52(43-32-35(28-30-47(43)61-54)34-27-29-46-42(31-34)37-19-9-12-24-44(37)59(46)36-17-5-2-6-18-36)58-56(57-51)60-45-25-13-10-22-40(45)49-38-20-7-8-21-39(38)50-41-23-11-14-26-48(41)62-55(50)53(49)60/h1-32H. The van der Waals surface area contributed by atoms with Crippen molar-refractivity contribution >= 4 is 108 Å². The molecular formula is C56H32N4OS. The van der Waals surface area contributed by atoms with Gasteiger partial charge in [-0.15, -0.1) is 11.3 Å².